The molecule has 1 aromatic carbocycles. The Labute approximate surface area is 118 Å². The first-order valence-electron chi connectivity index (χ1n) is 6.00. The van der Waals surface area contributed by atoms with Crippen LogP contribution in [0.2, 0.25) is 0 Å². The summed E-state index contributed by atoms with van der Waals surface area (Å²) in [6.07, 6.45) is 0.964. The van der Waals surface area contributed by atoms with Crippen LogP contribution < -0.4 is 5.32 Å². The molecule has 0 saturated carbocycles. The SMILES string of the molecule is CCC(C)(C)NCCS(=O)(=O)c1ccc(Br)cc1. The molecule has 0 spiro atoms. The van der Waals surface area contributed by atoms with E-state index in [0.29, 0.717) is 11.4 Å². The molecule has 0 unspecified atom stereocenters. The molecule has 18 heavy (non-hydrogen) atoms. The van der Waals surface area contributed by atoms with Crippen LogP contribution in [0.5, 0.6) is 0 Å². The van der Waals surface area contributed by atoms with Crippen molar-refractivity contribution in [2.75, 3.05) is 12.3 Å². The van der Waals surface area contributed by atoms with Crippen LogP contribution in [0.25, 0.3) is 0 Å². The fraction of sp³-hybridized carbons (Fsp3) is 0.538. The van der Waals surface area contributed by atoms with E-state index in [0.717, 1.165) is 10.9 Å². The number of benzene rings is 1. The third-order valence-electron chi connectivity index (χ3n) is 3.03. The van der Waals surface area contributed by atoms with Crippen molar-refractivity contribution in [1.29, 1.82) is 0 Å². The minimum atomic E-state index is -3.19. The van der Waals surface area contributed by atoms with Crippen LogP contribution in [0, 0.1) is 0 Å². The maximum Gasteiger partial charge on any atom is 0.179 e. The van der Waals surface area contributed by atoms with Gasteiger partial charge in [-0.25, -0.2) is 8.42 Å². The Kier molecular flexibility index (Phi) is 5.37. The standard InChI is InChI=1S/C13H20BrNO2S/c1-4-13(2,3)15-9-10-18(16,17)12-7-5-11(14)6-8-12/h5-8,15H,4,9-10H2,1-3H3. The molecule has 0 radical (unpaired) electrons. The van der Waals surface area contributed by atoms with Crippen molar-refractivity contribution in [1.82, 2.24) is 5.32 Å². The highest BCUT2D eigenvalue weighted by atomic mass is 79.9. The zero-order chi connectivity index (χ0) is 13.8. The Hall–Kier alpha value is -0.390. The van der Waals surface area contributed by atoms with Gasteiger partial charge in [-0.05, 0) is 44.5 Å². The predicted molar refractivity (Wildman–Crippen MR) is 78.6 cm³/mol. The molecule has 0 atom stereocenters. The molecule has 0 saturated heterocycles. The number of hydrogen-bond donors (Lipinski definition) is 1. The van der Waals surface area contributed by atoms with Crippen molar-refractivity contribution in [3.63, 3.8) is 0 Å². The van der Waals surface area contributed by atoms with Crippen molar-refractivity contribution in [2.24, 2.45) is 0 Å². The van der Waals surface area contributed by atoms with Crippen LogP contribution in [-0.2, 0) is 9.84 Å². The van der Waals surface area contributed by atoms with Crippen molar-refractivity contribution in [2.45, 2.75) is 37.6 Å². The third kappa shape index (κ3) is 4.71. The second-order valence-electron chi connectivity index (χ2n) is 4.94. The van der Waals surface area contributed by atoms with Gasteiger partial charge in [0.1, 0.15) is 0 Å². The Balaban J connectivity index is 2.63. The van der Waals surface area contributed by atoms with Gasteiger partial charge in [0.2, 0.25) is 0 Å². The lowest BCUT2D eigenvalue weighted by Gasteiger charge is -2.24. The first-order valence-corrected chi connectivity index (χ1v) is 8.45. The Morgan fingerprint density at radius 1 is 1.22 bits per heavy atom. The van der Waals surface area contributed by atoms with Gasteiger partial charge in [-0.15, -0.1) is 0 Å². The highest BCUT2D eigenvalue weighted by Gasteiger charge is 2.17. The Morgan fingerprint density at radius 3 is 2.28 bits per heavy atom. The van der Waals surface area contributed by atoms with Gasteiger partial charge in [-0.3, -0.25) is 0 Å². The lowest BCUT2D eigenvalue weighted by Crippen LogP contribution is -2.41. The lowest BCUT2D eigenvalue weighted by molar-refractivity contribution is 0.387. The molecule has 1 N–H and O–H groups in total. The zero-order valence-corrected chi connectivity index (χ0v) is 13.4. The number of rotatable bonds is 6. The van der Waals surface area contributed by atoms with Gasteiger partial charge in [-0.1, -0.05) is 22.9 Å². The Bertz CT molecular complexity index is 480. The highest BCUT2D eigenvalue weighted by molar-refractivity contribution is 9.10. The van der Waals surface area contributed by atoms with E-state index in [2.05, 4.69) is 42.0 Å². The molecule has 1 rings (SSSR count). The van der Waals surface area contributed by atoms with Crippen LogP contribution >= 0.6 is 15.9 Å². The first kappa shape index (κ1) is 15.7. The van der Waals surface area contributed by atoms with E-state index >= 15 is 0 Å². The number of halogens is 1. The van der Waals surface area contributed by atoms with Crippen molar-refractivity contribution in [3.8, 4) is 0 Å². The Morgan fingerprint density at radius 2 is 1.78 bits per heavy atom. The maximum atomic E-state index is 12.1. The topological polar surface area (TPSA) is 46.2 Å². The van der Waals surface area contributed by atoms with Gasteiger partial charge in [0, 0.05) is 16.6 Å². The van der Waals surface area contributed by atoms with Crippen molar-refractivity contribution >= 4 is 25.8 Å². The van der Waals surface area contributed by atoms with Crippen LogP contribution in [0.15, 0.2) is 33.6 Å². The van der Waals surface area contributed by atoms with E-state index in [1.807, 2.05) is 0 Å². The fourth-order valence-corrected chi connectivity index (χ4v) is 2.83. The molecule has 0 aliphatic carbocycles. The summed E-state index contributed by atoms with van der Waals surface area (Å²) in [7, 11) is -3.19. The van der Waals surface area contributed by atoms with Crippen molar-refractivity contribution in [3.05, 3.63) is 28.7 Å². The van der Waals surface area contributed by atoms with Gasteiger partial charge < -0.3 is 5.32 Å². The summed E-state index contributed by atoms with van der Waals surface area (Å²) in [5.41, 5.74) is -0.0186. The zero-order valence-electron chi connectivity index (χ0n) is 11.0. The van der Waals surface area contributed by atoms with E-state index < -0.39 is 9.84 Å². The van der Waals surface area contributed by atoms with Crippen LogP contribution in [-0.4, -0.2) is 26.3 Å². The van der Waals surface area contributed by atoms with E-state index in [9.17, 15) is 8.42 Å². The molecule has 102 valence electrons. The van der Waals surface area contributed by atoms with E-state index in [1.165, 1.54) is 0 Å². The summed E-state index contributed by atoms with van der Waals surface area (Å²) in [6.45, 7) is 6.69. The molecular weight excluding hydrogens is 314 g/mol. The molecule has 1 aromatic rings. The minimum Gasteiger partial charge on any atom is -0.311 e. The van der Waals surface area contributed by atoms with Gasteiger partial charge >= 0.3 is 0 Å². The molecular formula is C13H20BrNO2S. The fourth-order valence-electron chi connectivity index (χ4n) is 1.41. The molecule has 3 nitrogen and oxygen atoms in total. The second kappa shape index (κ2) is 6.17. The quantitative estimate of drug-likeness (QED) is 0.870. The number of nitrogens with one attached hydrogen (secondary N) is 1. The normalized spacial score (nSPS) is 12.7. The smallest absolute Gasteiger partial charge is 0.179 e. The minimum absolute atomic E-state index is 0.0186. The van der Waals surface area contributed by atoms with E-state index in [-0.39, 0.29) is 11.3 Å². The maximum absolute atomic E-state index is 12.1. The van der Waals surface area contributed by atoms with Crippen molar-refractivity contribution < 1.29 is 8.42 Å². The summed E-state index contributed by atoms with van der Waals surface area (Å²) in [4.78, 5) is 0.377. The summed E-state index contributed by atoms with van der Waals surface area (Å²) in [5.74, 6) is 0.123. The largest absolute Gasteiger partial charge is 0.311 e. The molecule has 0 aromatic heterocycles. The highest BCUT2D eigenvalue weighted by Crippen LogP contribution is 2.16. The van der Waals surface area contributed by atoms with Gasteiger partial charge in [0.25, 0.3) is 0 Å². The van der Waals surface area contributed by atoms with E-state index in [4.69, 9.17) is 0 Å². The summed E-state index contributed by atoms with van der Waals surface area (Å²) in [5, 5.41) is 3.26. The predicted octanol–water partition coefficient (Wildman–Crippen LogP) is 3.00. The number of hydrogen-bond acceptors (Lipinski definition) is 3. The second-order valence-corrected chi connectivity index (χ2v) is 7.96. The average molecular weight is 334 g/mol. The van der Waals surface area contributed by atoms with Gasteiger partial charge in [-0.2, -0.15) is 0 Å². The molecule has 5 heteroatoms. The first-order chi connectivity index (χ1) is 8.27. The van der Waals surface area contributed by atoms with Gasteiger partial charge in [0.05, 0.1) is 10.6 Å². The lowest BCUT2D eigenvalue weighted by atomic mass is 10.0. The van der Waals surface area contributed by atoms with Crippen LogP contribution in [0.4, 0.5) is 0 Å². The van der Waals surface area contributed by atoms with Crippen LogP contribution in [0.1, 0.15) is 27.2 Å². The summed E-state index contributed by atoms with van der Waals surface area (Å²) >= 11 is 3.29. The summed E-state index contributed by atoms with van der Waals surface area (Å²) in [6, 6.07) is 6.75. The third-order valence-corrected chi connectivity index (χ3v) is 5.29. The van der Waals surface area contributed by atoms with Crippen LogP contribution in [0.3, 0.4) is 0 Å². The molecule has 0 aliphatic heterocycles. The average Bonchev–Trinajstić information content (AvgIpc) is 2.29. The molecule has 0 heterocycles. The van der Waals surface area contributed by atoms with Gasteiger partial charge in [0.15, 0.2) is 9.84 Å². The number of sulfone groups is 1. The summed E-state index contributed by atoms with van der Waals surface area (Å²) < 4.78 is 25.0. The molecule has 0 bridgehead atoms. The monoisotopic (exact) mass is 333 g/mol. The molecule has 0 fully saturated rings. The molecule has 0 aliphatic rings. The molecule has 0 amide bonds. The van der Waals surface area contributed by atoms with E-state index in [1.54, 1.807) is 24.3 Å².